The molecular weight excluding hydrogens is 406 g/mol. The first-order chi connectivity index (χ1) is 16.1. The predicted molar refractivity (Wildman–Crippen MR) is 135 cm³/mol. The highest BCUT2D eigenvalue weighted by atomic mass is 16.5. The summed E-state index contributed by atoms with van der Waals surface area (Å²) in [5.74, 6) is 0.218. The summed E-state index contributed by atoms with van der Waals surface area (Å²) >= 11 is 0. The fourth-order valence-electron chi connectivity index (χ4n) is 4.83. The molecule has 0 radical (unpaired) electrons. The van der Waals surface area contributed by atoms with Gasteiger partial charge < -0.3 is 10.1 Å². The second-order valence-electron chi connectivity index (χ2n) is 9.30. The first-order valence-corrected chi connectivity index (χ1v) is 12.2. The van der Waals surface area contributed by atoms with Crippen molar-refractivity contribution in [3.05, 3.63) is 107 Å². The lowest BCUT2D eigenvalue weighted by Gasteiger charge is -2.28. The van der Waals surface area contributed by atoms with Crippen LogP contribution >= 0.6 is 0 Å². The number of hydrogen-bond donors (Lipinski definition) is 1. The van der Waals surface area contributed by atoms with E-state index in [-0.39, 0.29) is 23.7 Å². The molecule has 1 N–H and O–H groups in total. The average Bonchev–Trinajstić information content (AvgIpc) is 2.86. The van der Waals surface area contributed by atoms with Gasteiger partial charge in [0.25, 0.3) is 0 Å². The number of rotatable bonds is 9. The molecule has 0 aliphatic carbocycles. The molecule has 1 saturated heterocycles. The summed E-state index contributed by atoms with van der Waals surface area (Å²) in [5, 5.41) is 3.49. The number of benzene rings is 3. The van der Waals surface area contributed by atoms with Crippen LogP contribution in [0, 0.1) is 5.92 Å². The third kappa shape index (κ3) is 6.19. The van der Waals surface area contributed by atoms with Gasteiger partial charge in [0.15, 0.2) is 0 Å². The maximum atomic E-state index is 13.6. The van der Waals surface area contributed by atoms with Crippen LogP contribution in [0.1, 0.15) is 48.4 Å². The molecule has 1 unspecified atom stereocenters. The number of ether oxygens (including phenoxy) is 1. The zero-order valence-corrected chi connectivity index (χ0v) is 19.7. The summed E-state index contributed by atoms with van der Waals surface area (Å²) in [6.07, 6.45) is 2.61. The lowest BCUT2D eigenvalue weighted by atomic mass is 9.78. The Hall–Kier alpha value is -2.75. The van der Waals surface area contributed by atoms with E-state index in [1.807, 2.05) is 18.2 Å². The number of morpholine rings is 1. The Morgan fingerprint density at radius 3 is 2.06 bits per heavy atom. The third-order valence-electron chi connectivity index (χ3n) is 6.82. The molecule has 1 heterocycles. The van der Waals surface area contributed by atoms with Gasteiger partial charge in [0.05, 0.1) is 12.7 Å². The van der Waals surface area contributed by atoms with Gasteiger partial charge in [-0.1, -0.05) is 91.9 Å². The van der Waals surface area contributed by atoms with Crippen molar-refractivity contribution in [1.82, 2.24) is 5.32 Å². The van der Waals surface area contributed by atoms with Gasteiger partial charge in [0, 0.05) is 30.8 Å². The normalized spacial score (nSPS) is 19.4. The number of carbonyl (C=O) groups excluding carboxylic acids is 1. The van der Waals surface area contributed by atoms with Crippen molar-refractivity contribution in [3.8, 4) is 0 Å². The molecule has 0 spiro atoms. The SMILES string of the molecule is CC(C(=O)Cc1ccccc1CC[C@@H]1CN[C@H](C)CO1)C(c1ccccc1)c1ccccc1. The maximum Gasteiger partial charge on any atom is 0.141 e. The summed E-state index contributed by atoms with van der Waals surface area (Å²) < 4.78 is 5.97. The van der Waals surface area contributed by atoms with Crippen LogP contribution in [0.15, 0.2) is 84.9 Å². The highest BCUT2D eigenvalue weighted by Gasteiger charge is 2.27. The minimum Gasteiger partial charge on any atom is -0.375 e. The monoisotopic (exact) mass is 441 g/mol. The number of ketones is 1. The third-order valence-corrected chi connectivity index (χ3v) is 6.82. The van der Waals surface area contributed by atoms with Crippen molar-refractivity contribution in [1.29, 1.82) is 0 Å². The molecule has 172 valence electrons. The van der Waals surface area contributed by atoms with E-state index in [4.69, 9.17) is 4.74 Å². The molecule has 1 aliphatic rings. The number of Topliss-reactive ketones (excluding diaryl/α,β-unsaturated/α-hetero) is 1. The van der Waals surface area contributed by atoms with Crippen molar-refractivity contribution in [2.24, 2.45) is 5.92 Å². The van der Waals surface area contributed by atoms with Gasteiger partial charge in [-0.3, -0.25) is 4.79 Å². The highest BCUT2D eigenvalue weighted by Crippen LogP contribution is 2.33. The van der Waals surface area contributed by atoms with Crippen molar-refractivity contribution >= 4 is 5.78 Å². The fraction of sp³-hybridized carbons (Fsp3) is 0.367. The summed E-state index contributed by atoms with van der Waals surface area (Å²) in [5.41, 5.74) is 4.78. The van der Waals surface area contributed by atoms with Gasteiger partial charge in [-0.2, -0.15) is 0 Å². The topological polar surface area (TPSA) is 38.3 Å². The second kappa shape index (κ2) is 11.4. The van der Waals surface area contributed by atoms with Crippen LogP contribution in [0.5, 0.6) is 0 Å². The summed E-state index contributed by atoms with van der Waals surface area (Å²) in [7, 11) is 0. The summed E-state index contributed by atoms with van der Waals surface area (Å²) in [6, 6.07) is 29.6. The van der Waals surface area contributed by atoms with Crippen LogP contribution in [0.25, 0.3) is 0 Å². The van der Waals surface area contributed by atoms with Crippen LogP contribution in [0.4, 0.5) is 0 Å². The number of carbonyl (C=O) groups is 1. The van der Waals surface area contributed by atoms with E-state index in [0.29, 0.717) is 12.5 Å². The second-order valence-corrected chi connectivity index (χ2v) is 9.30. The Kier molecular flexibility index (Phi) is 8.09. The number of aryl methyl sites for hydroxylation is 1. The van der Waals surface area contributed by atoms with Gasteiger partial charge in [0.2, 0.25) is 0 Å². The Balaban J connectivity index is 1.48. The van der Waals surface area contributed by atoms with Gasteiger partial charge in [-0.15, -0.1) is 0 Å². The van der Waals surface area contributed by atoms with Gasteiger partial charge in [-0.05, 0) is 42.0 Å². The van der Waals surface area contributed by atoms with Crippen molar-refractivity contribution < 1.29 is 9.53 Å². The van der Waals surface area contributed by atoms with Crippen LogP contribution < -0.4 is 5.32 Å². The summed E-state index contributed by atoms with van der Waals surface area (Å²) in [4.78, 5) is 13.6. The zero-order chi connectivity index (χ0) is 23.0. The smallest absolute Gasteiger partial charge is 0.141 e. The van der Waals surface area contributed by atoms with E-state index in [1.165, 1.54) is 16.7 Å². The van der Waals surface area contributed by atoms with Crippen molar-refractivity contribution in [2.75, 3.05) is 13.2 Å². The maximum absolute atomic E-state index is 13.6. The molecule has 0 amide bonds. The summed E-state index contributed by atoms with van der Waals surface area (Å²) in [6.45, 7) is 5.90. The molecule has 4 rings (SSSR count). The Labute approximate surface area is 198 Å². The molecule has 1 aliphatic heterocycles. The zero-order valence-electron chi connectivity index (χ0n) is 19.7. The van der Waals surface area contributed by atoms with E-state index >= 15 is 0 Å². The molecule has 3 heteroatoms. The molecule has 1 fully saturated rings. The molecule has 0 aromatic heterocycles. The molecule has 33 heavy (non-hydrogen) atoms. The standard InChI is InChI=1S/C30H35NO2/c1-22-21-33-28(20-31-22)18-17-24-11-9-10-16-27(24)19-29(32)23(2)30(25-12-5-3-6-13-25)26-14-7-4-8-15-26/h3-16,22-23,28,30-31H,17-21H2,1-2H3/t22-,23?,28-/m1/s1. The first-order valence-electron chi connectivity index (χ1n) is 12.2. The van der Waals surface area contributed by atoms with E-state index in [2.05, 4.69) is 85.9 Å². The van der Waals surface area contributed by atoms with Crippen LogP contribution in [0.3, 0.4) is 0 Å². The van der Waals surface area contributed by atoms with Gasteiger partial charge >= 0.3 is 0 Å². The molecule has 3 atom stereocenters. The highest BCUT2D eigenvalue weighted by molar-refractivity contribution is 5.84. The lowest BCUT2D eigenvalue weighted by molar-refractivity contribution is -0.122. The van der Waals surface area contributed by atoms with Crippen LogP contribution in [0.2, 0.25) is 0 Å². The van der Waals surface area contributed by atoms with Gasteiger partial charge in [0.1, 0.15) is 5.78 Å². The molecule has 3 nitrogen and oxygen atoms in total. The molecule has 0 saturated carbocycles. The quantitative estimate of drug-likeness (QED) is 0.471. The molecule has 3 aromatic rings. The van der Waals surface area contributed by atoms with Crippen LogP contribution in [-0.2, 0) is 22.4 Å². The largest absolute Gasteiger partial charge is 0.375 e. The minimum absolute atomic E-state index is 0.0516. The van der Waals surface area contributed by atoms with E-state index in [1.54, 1.807) is 0 Å². The van der Waals surface area contributed by atoms with E-state index in [0.717, 1.165) is 31.6 Å². The molecule has 3 aromatic carbocycles. The lowest BCUT2D eigenvalue weighted by Crippen LogP contribution is -2.44. The first kappa shape index (κ1) is 23.4. The van der Waals surface area contributed by atoms with E-state index in [9.17, 15) is 4.79 Å². The Morgan fingerprint density at radius 1 is 0.909 bits per heavy atom. The van der Waals surface area contributed by atoms with Crippen molar-refractivity contribution in [3.63, 3.8) is 0 Å². The molecule has 0 bridgehead atoms. The molecular formula is C30H35NO2. The van der Waals surface area contributed by atoms with E-state index < -0.39 is 0 Å². The Morgan fingerprint density at radius 2 is 1.48 bits per heavy atom. The Bertz CT molecular complexity index is 970. The van der Waals surface area contributed by atoms with Crippen molar-refractivity contribution in [2.45, 2.75) is 51.2 Å². The predicted octanol–water partition coefficient (Wildman–Crippen LogP) is 5.58. The number of nitrogens with one attached hydrogen (secondary N) is 1. The number of hydrogen-bond acceptors (Lipinski definition) is 3. The average molecular weight is 442 g/mol. The van der Waals surface area contributed by atoms with Gasteiger partial charge in [-0.25, -0.2) is 0 Å². The fourth-order valence-corrected chi connectivity index (χ4v) is 4.83. The van der Waals surface area contributed by atoms with Crippen LogP contribution in [-0.4, -0.2) is 31.1 Å². The minimum atomic E-state index is -0.116.